The van der Waals surface area contributed by atoms with Crippen LogP contribution in [0.2, 0.25) is 0 Å². The summed E-state index contributed by atoms with van der Waals surface area (Å²) in [5, 5.41) is 3.86. The molecule has 2 aliphatic heterocycles. The molecular formula is C13H26N2O. The van der Waals surface area contributed by atoms with Crippen LogP contribution >= 0.6 is 0 Å². The third-order valence-electron chi connectivity index (χ3n) is 4.14. The number of nitrogens with one attached hydrogen (secondary N) is 1. The third kappa shape index (κ3) is 3.19. The fraction of sp³-hybridized carbons (Fsp3) is 1.00. The van der Waals surface area contributed by atoms with Crippen molar-refractivity contribution in [3.8, 4) is 0 Å². The number of piperidine rings is 1. The normalized spacial score (nSPS) is 30.8. The molecule has 2 rings (SSSR count). The van der Waals surface area contributed by atoms with Gasteiger partial charge in [0.25, 0.3) is 0 Å². The second-order valence-corrected chi connectivity index (χ2v) is 5.38. The Kier molecular flexibility index (Phi) is 4.62. The summed E-state index contributed by atoms with van der Waals surface area (Å²) in [7, 11) is 2.22. The van der Waals surface area contributed by atoms with Gasteiger partial charge in [-0.25, -0.2) is 0 Å². The number of hydrogen-bond acceptors (Lipinski definition) is 3. The Hall–Kier alpha value is -0.120. The predicted octanol–water partition coefficient (Wildman–Crippen LogP) is 1.49. The van der Waals surface area contributed by atoms with Gasteiger partial charge in [0.05, 0.1) is 6.61 Å². The van der Waals surface area contributed by atoms with Gasteiger partial charge < -0.3 is 15.0 Å². The van der Waals surface area contributed by atoms with Gasteiger partial charge in [-0.2, -0.15) is 0 Å². The number of rotatable bonds is 4. The molecule has 0 aromatic carbocycles. The van der Waals surface area contributed by atoms with Crippen molar-refractivity contribution < 1.29 is 4.74 Å². The van der Waals surface area contributed by atoms with Crippen LogP contribution in [0, 0.1) is 5.92 Å². The van der Waals surface area contributed by atoms with E-state index in [0.717, 1.165) is 25.2 Å². The Morgan fingerprint density at radius 1 is 1.31 bits per heavy atom. The van der Waals surface area contributed by atoms with Crippen LogP contribution in [0.4, 0.5) is 0 Å². The number of hydrogen-bond donors (Lipinski definition) is 1. The first-order chi connectivity index (χ1) is 7.79. The molecule has 2 fully saturated rings. The van der Waals surface area contributed by atoms with E-state index in [4.69, 9.17) is 4.74 Å². The van der Waals surface area contributed by atoms with E-state index < -0.39 is 0 Å². The zero-order valence-electron chi connectivity index (χ0n) is 10.7. The lowest BCUT2D eigenvalue weighted by molar-refractivity contribution is 0.165. The van der Waals surface area contributed by atoms with Crippen molar-refractivity contribution in [3.63, 3.8) is 0 Å². The number of nitrogens with zero attached hydrogens (tertiary/aromatic N) is 1. The quantitative estimate of drug-likeness (QED) is 0.786. The van der Waals surface area contributed by atoms with Gasteiger partial charge in [0, 0.05) is 18.7 Å². The van der Waals surface area contributed by atoms with Crippen LogP contribution in [0.1, 0.15) is 32.6 Å². The van der Waals surface area contributed by atoms with Gasteiger partial charge in [-0.05, 0) is 51.7 Å². The molecule has 0 bridgehead atoms. The van der Waals surface area contributed by atoms with Gasteiger partial charge in [0.2, 0.25) is 0 Å². The predicted molar refractivity (Wildman–Crippen MR) is 66.7 cm³/mol. The van der Waals surface area contributed by atoms with E-state index >= 15 is 0 Å². The summed E-state index contributed by atoms with van der Waals surface area (Å²) in [6.07, 6.45) is 5.10. The molecule has 3 nitrogen and oxygen atoms in total. The number of ether oxygens (including phenoxy) is 1. The topological polar surface area (TPSA) is 24.5 Å². The molecule has 2 atom stereocenters. The molecule has 1 N–H and O–H groups in total. The molecule has 0 aromatic rings. The highest BCUT2D eigenvalue weighted by molar-refractivity contribution is 4.84. The summed E-state index contributed by atoms with van der Waals surface area (Å²) in [4.78, 5) is 2.43. The van der Waals surface area contributed by atoms with E-state index in [9.17, 15) is 0 Å². The molecule has 3 heteroatoms. The molecule has 0 spiro atoms. The maximum Gasteiger partial charge on any atom is 0.0510 e. The number of likely N-dealkylation sites (tertiary alicyclic amines) is 1. The summed E-state index contributed by atoms with van der Waals surface area (Å²) in [6, 6.07) is 1.41. The van der Waals surface area contributed by atoms with Crippen LogP contribution in [-0.2, 0) is 4.74 Å². The second-order valence-electron chi connectivity index (χ2n) is 5.38. The molecule has 0 aliphatic carbocycles. The van der Waals surface area contributed by atoms with E-state index in [0.29, 0.717) is 6.04 Å². The Morgan fingerprint density at radius 2 is 2.06 bits per heavy atom. The molecule has 94 valence electrons. The lowest BCUT2D eigenvalue weighted by atomic mass is 9.94. The van der Waals surface area contributed by atoms with Crippen molar-refractivity contribution in [3.05, 3.63) is 0 Å². The summed E-state index contributed by atoms with van der Waals surface area (Å²) in [6.45, 7) is 6.73. The molecular weight excluding hydrogens is 200 g/mol. The monoisotopic (exact) mass is 226 g/mol. The molecule has 0 radical (unpaired) electrons. The highest BCUT2D eigenvalue weighted by atomic mass is 16.5. The van der Waals surface area contributed by atoms with Crippen molar-refractivity contribution in [2.24, 2.45) is 5.92 Å². The lowest BCUT2D eigenvalue weighted by Crippen LogP contribution is -2.47. The maximum atomic E-state index is 5.50. The van der Waals surface area contributed by atoms with Crippen LogP contribution < -0.4 is 5.32 Å². The first-order valence-electron chi connectivity index (χ1n) is 6.82. The summed E-state index contributed by atoms with van der Waals surface area (Å²) >= 11 is 0. The standard InChI is InChI=1S/C13H26N2O/c1-3-13(11-6-9-16-10-11)14-12-4-7-15(2)8-5-12/h11-14H,3-10H2,1-2H3. The molecule has 2 heterocycles. The molecule has 16 heavy (non-hydrogen) atoms. The van der Waals surface area contributed by atoms with Crippen molar-refractivity contribution >= 4 is 0 Å². The minimum absolute atomic E-state index is 0.677. The van der Waals surface area contributed by atoms with Crippen molar-refractivity contribution in [1.82, 2.24) is 10.2 Å². The van der Waals surface area contributed by atoms with Crippen LogP contribution in [-0.4, -0.2) is 50.3 Å². The first kappa shape index (κ1) is 12.3. The zero-order chi connectivity index (χ0) is 11.4. The molecule has 0 saturated carbocycles. The molecule has 2 unspecified atom stereocenters. The largest absolute Gasteiger partial charge is 0.381 e. The summed E-state index contributed by atoms with van der Waals surface area (Å²) in [5.74, 6) is 0.754. The third-order valence-corrected chi connectivity index (χ3v) is 4.14. The van der Waals surface area contributed by atoms with Gasteiger partial charge in [-0.15, -0.1) is 0 Å². The Bertz CT molecular complexity index is 196. The molecule has 2 saturated heterocycles. The highest BCUT2D eigenvalue weighted by Crippen LogP contribution is 2.20. The van der Waals surface area contributed by atoms with Crippen LogP contribution in [0.5, 0.6) is 0 Å². The Balaban J connectivity index is 1.77. The maximum absolute atomic E-state index is 5.50. The van der Waals surface area contributed by atoms with Gasteiger partial charge in [-0.1, -0.05) is 6.92 Å². The van der Waals surface area contributed by atoms with Gasteiger partial charge in [0.1, 0.15) is 0 Å². The van der Waals surface area contributed by atoms with E-state index in [2.05, 4.69) is 24.2 Å². The summed E-state index contributed by atoms with van der Waals surface area (Å²) in [5.41, 5.74) is 0. The smallest absolute Gasteiger partial charge is 0.0510 e. The minimum Gasteiger partial charge on any atom is -0.381 e. The zero-order valence-corrected chi connectivity index (χ0v) is 10.7. The lowest BCUT2D eigenvalue weighted by Gasteiger charge is -2.34. The van der Waals surface area contributed by atoms with E-state index in [1.165, 1.54) is 38.8 Å². The van der Waals surface area contributed by atoms with E-state index in [1.807, 2.05) is 0 Å². The minimum atomic E-state index is 0.677. The van der Waals surface area contributed by atoms with E-state index in [-0.39, 0.29) is 0 Å². The fourth-order valence-electron chi connectivity index (χ4n) is 2.94. The highest BCUT2D eigenvalue weighted by Gasteiger charge is 2.27. The molecule has 0 aromatic heterocycles. The fourth-order valence-corrected chi connectivity index (χ4v) is 2.94. The second kappa shape index (κ2) is 5.99. The van der Waals surface area contributed by atoms with Crippen LogP contribution in [0.3, 0.4) is 0 Å². The average Bonchev–Trinajstić information content (AvgIpc) is 2.82. The first-order valence-corrected chi connectivity index (χ1v) is 6.82. The van der Waals surface area contributed by atoms with Crippen LogP contribution in [0.25, 0.3) is 0 Å². The molecule has 2 aliphatic rings. The average molecular weight is 226 g/mol. The Labute approximate surface area is 99.5 Å². The SMILES string of the molecule is CCC(NC1CCN(C)CC1)C1CCOC1. The van der Waals surface area contributed by atoms with Crippen molar-refractivity contribution in [1.29, 1.82) is 0 Å². The van der Waals surface area contributed by atoms with Gasteiger partial charge in [-0.3, -0.25) is 0 Å². The van der Waals surface area contributed by atoms with E-state index in [1.54, 1.807) is 0 Å². The van der Waals surface area contributed by atoms with Crippen molar-refractivity contribution in [2.75, 3.05) is 33.4 Å². The van der Waals surface area contributed by atoms with Gasteiger partial charge >= 0.3 is 0 Å². The van der Waals surface area contributed by atoms with Crippen LogP contribution in [0.15, 0.2) is 0 Å². The van der Waals surface area contributed by atoms with Crippen molar-refractivity contribution in [2.45, 2.75) is 44.7 Å². The molecule has 0 amide bonds. The Morgan fingerprint density at radius 3 is 2.62 bits per heavy atom. The van der Waals surface area contributed by atoms with Gasteiger partial charge in [0.15, 0.2) is 0 Å². The summed E-state index contributed by atoms with van der Waals surface area (Å²) < 4.78 is 5.50.